The highest BCUT2D eigenvalue weighted by molar-refractivity contribution is 6.32. The minimum Gasteiger partial charge on any atom is -0.490 e. The van der Waals surface area contributed by atoms with Crippen LogP contribution in [0.3, 0.4) is 0 Å². The lowest BCUT2D eigenvalue weighted by Crippen LogP contribution is -2.09. The van der Waals surface area contributed by atoms with Gasteiger partial charge in [0.25, 0.3) is 0 Å². The third-order valence-electron chi connectivity index (χ3n) is 2.84. The molecule has 1 heterocycles. The summed E-state index contributed by atoms with van der Waals surface area (Å²) < 4.78 is 10.7. The number of aromatic nitrogens is 2. The number of ether oxygens (including phenoxy) is 2. The summed E-state index contributed by atoms with van der Waals surface area (Å²) in [6.45, 7) is 2.83. The first kappa shape index (κ1) is 15.2. The van der Waals surface area contributed by atoms with Gasteiger partial charge in [0.15, 0.2) is 5.75 Å². The van der Waals surface area contributed by atoms with Gasteiger partial charge in [0.05, 0.1) is 30.0 Å². The Balaban J connectivity index is 2.23. The molecule has 1 aromatic heterocycles. The zero-order chi connectivity index (χ0) is 15.2. The van der Waals surface area contributed by atoms with Gasteiger partial charge in [0.2, 0.25) is 5.88 Å². The number of hydrogen-bond donors (Lipinski definition) is 2. The molecule has 2 rings (SSSR count). The van der Waals surface area contributed by atoms with E-state index in [9.17, 15) is 0 Å². The molecule has 0 saturated carbocycles. The Hall–Kier alpha value is -2.21. The number of para-hydroxylation sites is 1. The van der Waals surface area contributed by atoms with Crippen molar-refractivity contribution < 1.29 is 9.47 Å². The lowest BCUT2D eigenvalue weighted by Gasteiger charge is -2.15. The van der Waals surface area contributed by atoms with Crippen LogP contribution >= 0.6 is 11.6 Å². The number of benzene rings is 1. The van der Waals surface area contributed by atoms with E-state index < -0.39 is 0 Å². The van der Waals surface area contributed by atoms with E-state index in [4.69, 9.17) is 26.8 Å². The quantitative estimate of drug-likeness (QED) is 0.854. The molecule has 2 aromatic rings. The van der Waals surface area contributed by atoms with E-state index in [0.717, 1.165) is 5.69 Å². The Labute approximate surface area is 128 Å². The van der Waals surface area contributed by atoms with Crippen molar-refractivity contribution in [2.45, 2.75) is 13.5 Å². The smallest absolute Gasteiger partial charge is 0.223 e. The predicted octanol–water partition coefficient (Wildman–Crippen LogP) is 2.73. The fraction of sp³-hybridized carbons (Fsp3) is 0.286. The van der Waals surface area contributed by atoms with Crippen LogP contribution in [-0.2, 0) is 6.54 Å². The largest absolute Gasteiger partial charge is 0.490 e. The van der Waals surface area contributed by atoms with Gasteiger partial charge < -0.3 is 20.5 Å². The van der Waals surface area contributed by atoms with Gasteiger partial charge in [-0.2, -0.15) is 0 Å². The number of methoxy groups -OCH3 is 1. The fourth-order valence-corrected chi connectivity index (χ4v) is 2.10. The molecule has 7 heteroatoms. The average Bonchev–Trinajstić information content (AvgIpc) is 2.48. The minimum absolute atomic E-state index is 0.370. The maximum atomic E-state index is 6.14. The SMILES string of the molecule is CCOc1c(Cl)cccc1NCc1c(N)ncnc1OC. The summed E-state index contributed by atoms with van der Waals surface area (Å²) in [5.41, 5.74) is 7.31. The second-order valence-corrected chi connectivity index (χ2v) is 4.56. The highest BCUT2D eigenvalue weighted by Gasteiger charge is 2.12. The number of nitrogens with two attached hydrogens (primary N) is 1. The molecule has 0 radical (unpaired) electrons. The maximum absolute atomic E-state index is 6.14. The summed E-state index contributed by atoms with van der Waals surface area (Å²) in [5, 5.41) is 3.77. The molecule has 0 atom stereocenters. The molecular weight excluding hydrogens is 292 g/mol. The van der Waals surface area contributed by atoms with Crippen molar-refractivity contribution in [3.8, 4) is 11.6 Å². The van der Waals surface area contributed by atoms with Crippen LogP contribution < -0.4 is 20.5 Å². The van der Waals surface area contributed by atoms with Gasteiger partial charge in [-0.25, -0.2) is 9.97 Å². The number of rotatable bonds is 6. The number of halogens is 1. The molecular formula is C14H17ClN4O2. The van der Waals surface area contributed by atoms with Crippen molar-refractivity contribution in [2.24, 2.45) is 0 Å². The summed E-state index contributed by atoms with van der Waals surface area (Å²) >= 11 is 6.14. The van der Waals surface area contributed by atoms with Crippen molar-refractivity contribution in [3.05, 3.63) is 35.1 Å². The molecule has 6 nitrogen and oxygen atoms in total. The number of nitrogen functional groups attached to an aromatic ring is 1. The van der Waals surface area contributed by atoms with Crippen LogP contribution in [0.1, 0.15) is 12.5 Å². The topological polar surface area (TPSA) is 82.3 Å². The minimum atomic E-state index is 0.370. The van der Waals surface area contributed by atoms with Gasteiger partial charge in [-0.05, 0) is 19.1 Å². The molecule has 0 unspecified atom stereocenters. The van der Waals surface area contributed by atoms with Gasteiger partial charge in [-0.1, -0.05) is 17.7 Å². The second kappa shape index (κ2) is 6.99. The van der Waals surface area contributed by atoms with Crippen molar-refractivity contribution in [1.82, 2.24) is 9.97 Å². The monoisotopic (exact) mass is 308 g/mol. The van der Waals surface area contributed by atoms with Crippen molar-refractivity contribution >= 4 is 23.1 Å². The van der Waals surface area contributed by atoms with Crippen LogP contribution in [0.5, 0.6) is 11.6 Å². The molecule has 0 aliphatic heterocycles. The van der Waals surface area contributed by atoms with E-state index in [0.29, 0.717) is 41.2 Å². The highest BCUT2D eigenvalue weighted by Crippen LogP contribution is 2.33. The molecule has 0 aliphatic carbocycles. The van der Waals surface area contributed by atoms with Crippen LogP contribution in [0.2, 0.25) is 5.02 Å². The molecule has 0 fully saturated rings. The average molecular weight is 309 g/mol. The summed E-state index contributed by atoms with van der Waals surface area (Å²) in [4.78, 5) is 8.00. The molecule has 1 aromatic carbocycles. The predicted molar refractivity (Wildman–Crippen MR) is 82.9 cm³/mol. The van der Waals surface area contributed by atoms with Gasteiger partial charge in [-0.15, -0.1) is 0 Å². The lowest BCUT2D eigenvalue weighted by atomic mass is 10.2. The van der Waals surface area contributed by atoms with Crippen LogP contribution in [0.25, 0.3) is 0 Å². The van der Waals surface area contributed by atoms with Crippen molar-refractivity contribution in [1.29, 1.82) is 0 Å². The first-order valence-electron chi connectivity index (χ1n) is 6.45. The Morgan fingerprint density at radius 1 is 1.33 bits per heavy atom. The number of nitrogens with zero attached hydrogens (tertiary/aromatic N) is 2. The Morgan fingerprint density at radius 3 is 2.86 bits per heavy atom. The second-order valence-electron chi connectivity index (χ2n) is 4.15. The molecule has 21 heavy (non-hydrogen) atoms. The van der Waals surface area contributed by atoms with Gasteiger partial charge in [0, 0.05) is 6.54 Å². The first-order chi connectivity index (χ1) is 10.2. The van der Waals surface area contributed by atoms with Gasteiger partial charge in [-0.3, -0.25) is 0 Å². The summed E-state index contributed by atoms with van der Waals surface area (Å²) in [7, 11) is 1.54. The third-order valence-corrected chi connectivity index (χ3v) is 3.14. The van der Waals surface area contributed by atoms with E-state index >= 15 is 0 Å². The van der Waals surface area contributed by atoms with E-state index in [1.807, 2.05) is 19.1 Å². The number of hydrogen-bond acceptors (Lipinski definition) is 6. The lowest BCUT2D eigenvalue weighted by molar-refractivity contribution is 0.342. The summed E-state index contributed by atoms with van der Waals surface area (Å²) in [5.74, 6) is 1.42. The molecule has 3 N–H and O–H groups in total. The van der Waals surface area contributed by atoms with Gasteiger partial charge >= 0.3 is 0 Å². The fourth-order valence-electron chi connectivity index (χ4n) is 1.87. The van der Waals surface area contributed by atoms with Crippen LogP contribution in [-0.4, -0.2) is 23.7 Å². The molecule has 0 amide bonds. The van der Waals surface area contributed by atoms with E-state index in [1.54, 1.807) is 6.07 Å². The summed E-state index contributed by atoms with van der Waals surface area (Å²) in [6.07, 6.45) is 1.36. The number of nitrogens with one attached hydrogen (secondary N) is 1. The maximum Gasteiger partial charge on any atom is 0.223 e. The zero-order valence-electron chi connectivity index (χ0n) is 11.9. The summed E-state index contributed by atoms with van der Waals surface area (Å²) in [6, 6.07) is 5.50. The molecule has 0 aliphatic rings. The molecule has 0 bridgehead atoms. The third kappa shape index (κ3) is 3.46. The van der Waals surface area contributed by atoms with Crippen LogP contribution in [0.4, 0.5) is 11.5 Å². The normalized spacial score (nSPS) is 10.2. The molecule has 112 valence electrons. The van der Waals surface area contributed by atoms with E-state index in [1.165, 1.54) is 13.4 Å². The van der Waals surface area contributed by atoms with Crippen molar-refractivity contribution in [3.63, 3.8) is 0 Å². The van der Waals surface area contributed by atoms with E-state index in [2.05, 4.69) is 15.3 Å². The Kier molecular flexibility index (Phi) is 5.05. The van der Waals surface area contributed by atoms with Crippen LogP contribution in [0.15, 0.2) is 24.5 Å². The van der Waals surface area contributed by atoms with Crippen LogP contribution in [0, 0.1) is 0 Å². The number of anilines is 2. The Morgan fingerprint density at radius 2 is 2.14 bits per heavy atom. The Bertz CT molecular complexity index is 622. The zero-order valence-corrected chi connectivity index (χ0v) is 12.6. The standard InChI is InChI=1S/C14H17ClN4O2/c1-3-21-12-10(15)5-4-6-11(12)17-7-9-13(16)18-8-19-14(9)20-2/h4-6,8,17H,3,7H2,1-2H3,(H2,16,18,19). The van der Waals surface area contributed by atoms with Gasteiger partial charge in [0.1, 0.15) is 12.1 Å². The first-order valence-corrected chi connectivity index (χ1v) is 6.83. The highest BCUT2D eigenvalue weighted by atomic mass is 35.5. The van der Waals surface area contributed by atoms with E-state index in [-0.39, 0.29) is 0 Å². The molecule has 0 saturated heterocycles. The van der Waals surface area contributed by atoms with Crippen molar-refractivity contribution in [2.75, 3.05) is 24.8 Å². The molecule has 0 spiro atoms.